The van der Waals surface area contributed by atoms with Crippen LogP contribution in [0, 0.1) is 13.8 Å². The van der Waals surface area contributed by atoms with E-state index in [1.54, 1.807) is 31.2 Å². The predicted molar refractivity (Wildman–Crippen MR) is 103 cm³/mol. The number of benzene rings is 2. The summed E-state index contributed by atoms with van der Waals surface area (Å²) in [5.74, 6) is -0.425. The Bertz CT molecular complexity index is 1010. The number of aryl methyl sites for hydroxylation is 2. The van der Waals surface area contributed by atoms with Gasteiger partial charge in [0.25, 0.3) is 0 Å². The van der Waals surface area contributed by atoms with Gasteiger partial charge in [-0.05, 0) is 45.0 Å². The molecule has 1 saturated heterocycles. The minimum atomic E-state index is -3.87. The van der Waals surface area contributed by atoms with Crippen molar-refractivity contribution in [3.8, 4) is 0 Å². The topological polar surface area (TPSA) is 80.8 Å². The molecule has 6 nitrogen and oxygen atoms in total. The van der Waals surface area contributed by atoms with E-state index in [1.807, 2.05) is 13.8 Å². The molecule has 2 atom stereocenters. The quantitative estimate of drug-likeness (QED) is 0.758. The van der Waals surface area contributed by atoms with Crippen LogP contribution in [0.2, 0.25) is 0 Å². The van der Waals surface area contributed by atoms with Crippen molar-refractivity contribution < 1.29 is 21.6 Å². The minimum Gasteiger partial charge on any atom is -0.359 e. The molecule has 27 heavy (non-hydrogen) atoms. The van der Waals surface area contributed by atoms with E-state index >= 15 is 0 Å². The van der Waals surface area contributed by atoms with Gasteiger partial charge in [0.05, 0.1) is 22.2 Å². The van der Waals surface area contributed by atoms with E-state index in [0.29, 0.717) is 0 Å². The van der Waals surface area contributed by atoms with Crippen molar-refractivity contribution in [2.45, 2.75) is 42.8 Å². The van der Waals surface area contributed by atoms with Crippen LogP contribution in [0.25, 0.3) is 0 Å². The van der Waals surface area contributed by atoms with E-state index in [-0.39, 0.29) is 16.4 Å². The van der Waals surface area contributed by atoms with Gasteiger partial charge in [-0.3, -0.25) is 0 Å². The second kappa shape index (κ2) is 7.35. The molecule has 0 amide bonds. The third-order valence-electron chi connectivity index (χ3n) is 4.59. The van der Waals surface area contributed by atoms with E-state index in [2.05, 4.69) is 0 Å². The van der Waals surface area contributed by atoms with Crippen molar-refractivity contribution in [1.29, 1.82) is 0 Å². The number of sulfone groups is 1. The summed E-state index contributed by atoms with van der Waals surface area (Å²) in [6.45, 7) is 5.60. The van der Waals surface area contributed by atoms with Gasteiger partial charge in [-0.15, -0.1) is 0 Å². The summed E-state index contributed by atoms with van der Waals surface area (Å²) in [7, 11) is -7.57. The van der Waals surface area contributed by atoms with Gasteiger partial charge in [-0.1, -0.05) is 35.4 Å². The van der Waals surface area contributed by atoms with Gasteiger partial charge < -0.3 is 4.74 Å². The molecule has 3 rings (SSSR count). The van der Waals surface area contributed by atoms with Crippen molar-refractivity contribution in [3.05, 3.63) is 59.7 Å². The maximum atomic E-state index is 13.1. The number of nitrogens with zero attached hydrogens (tertiary/aromatic N) is 1. The molecule has 1 aliphatic heterocycles. The molecule has 0 aromatic heterocycles. The van der Waals surface area contributed by atoms with E-state index in [0.717, 1.165) is 11.1 Å². The zero-order valence-corrected chi connectivity index (χ0v) is 17.1. The summed E-state index contributed by atoms with van der Waals surface area (Å²) in [6, 6.07) is 12.5. The molecule has 0 unspecified atom stereocenters. The Kier molecular flexibility index (Phi) is 5.45. The molecule has 0 bridgehead atoms. The Hall–Kier alpha value is -1.74. The van der Waals surface area contributed by atoms with Crippen LogP contribution in [-0.2, 0) is 24.6 Å². The van der Waals surface area contributed by atoms with Crippen LogP contribution in [0.1, 0.15) is 18.1 Å². The molecule has 1 aliphatic rings. The molecular weight excluding hydrogens is 386 g/mol. The van der Waals surface area contributed by atoms with Crippen LogP contribution < -0.4 is 0 Å². The summed E-state index contributed by atoms with van der Waals surface area (Å²) < 4.78 is 58.4. The first-order valence-electron chi connectivity index (χ1n) is 8.62. The molecule has 2 aromatic rings. The first kappa shape index (κ1) is 20.0. The molecule has 146 valence electrons. The maximum absolute atomic E-state index is 13.1. The van der Waals surface area contributed by atoms with E-state index < -0.39 is 37.9 Å². The Morgan fingerprint density at radius 2 is 1.37 bits per heavy atom. The van der Waals surface area contributed by atoms with Gasteiger partial charge in [-0.2, -0.15) is 4.31 Å². The predicted octanol–water partition coefficient (Wildman–Crippen LogP) is 2.51. The fraction of sp³-hybridized carbons (Fsp3) is 0.368. The summed E-state index contributed by atoms with van der Waals surface area (Å²) in [4.78, 5) is 0.284. The molecule has 0 N–H and O–H groups in total. The minimum absolute atomic E-state index is 0.128. The van der Waals surface area contributed by atoms with E-state index in [1.165, 1.54) is 28.6 Å². The van der Waals surface area contributed by atoms with Crippen molar-refractivity contribution in [3.63, 3.8) is 0 Å². The average molecular weight is 410 g/mol. The van der Waals surface area contributed by atoms with Crippen molar-refractivity contribution in [2.75, 3.05) is 12.4 Å². The van der Waals surface area contributed by atoms with Gasteiger partial charge in [-0.25, -0.2) is 16.8 Å². The monoisotopic (exact) mass is 409 g/mol. The summed E-state index contributed by atoms with van der Waals surface area (Å²) >= 11 is 0. The number of hydrogen-bond donors (Lipinski definition) is 0. The highest BCUT2D eigenvalue weighted by Gasteiger charge is 2.43. The van der Waals surface area contributed by atoms with Crippen LogP contribution >= 0.6 is 0 Å². The molecule has 0 aliphatic carbocycles. The summed E-state index contributed by atoms with van der Waals surface area (Å²) in [6.07, 6.45) is -1.06. The van der Waals surface area contributed by atoms with Gasteiger partial charge in [0.15, 0.2) is 9.84 Å². The van der Waals surface area contributed by atoms with Crippen LogP contribution in [0.4, 0.5) is 0 Å². The first-order valence-corrected chi connectivity index (χ1v) is 11.7. The lowest BCUT2D eigenvalue weighted by atomic mass is 10.2. The third kappa shape index (κ3) is 4.08. The van der Waals surface area contributed by atoms with Crippen LogP contribution in [0.15, 0.2) is 58.3 Å². The maximum Gasteiger partial charge on any atom is 0.245 e. The Morgan fingerprint density at radius 1 is 0.889 bits per heavy atom. The molecular formula is C19H23NO5S2. The Balaban J connectivity index is 1.91. The molecule has 1 heterocycles. The van der Waals surface area contributed by atoms with Crippen LogP contribution in [0.3, 0.4) is 0 Å². The van der Waals surface area contributed by atoms with Crippen molar-refractivity contribution in [1.82, 2.24) is 4.31 Å². The molecule has 0 saturated carbocycles. The molecule has 0 radical (unpaired) electrons. The van der Waals surface area contributed by atoms with Crippen molar-refractivity contribution in [2.24, 2.45) is 0 Å². The lowest BCUT2D eigenvalue weighted by Crippen LogP contribution is -2.43. The van der Waals surface area contributed by atoms with Gasteiger partial charge in [0.1, 0.15) is 6.23 Å². The number of ether oxygens (including phenoxy) is 1. The third-order valence-corrected chi connectivity index (χ3v) is 8.32. The fourth-order valence-corrected chi connectivity index (χ4v) is 6.23. The van der Waals surface area contributed by atoms with E-state index in [9.17, 15) is 16.8 Å². The smallest absolute Gasteiger partial charge is 0.245 e. The number of hydrogen-bond acceptors (Lipinski definition) is 5. The largest absolute Gasteiger partial charge is 0.359 e. The molecule has 0 spiro atoms. The fourth-order valence-electron chi connectivity index (χ4n) is 3.06. The normalized spacial score (nSPS) is 21.4. The highest BCUT2D eigenvalue weighted by atomic mass is 32.2. The van der Waals surface area contributed by atoms with Gasteiger partial charge in [0, 0.05) is 6.04 Å². The Labute approximate surface area is 160 Å². The van der Waals surface area contributed by atoms with Crippen molar-refractivity contribution >= 4 is 19.9 Å². The SMILES string of the molecule is Cc1ccc(S(=O)(=O)C[C@@H]2OC[C@H](C)N2S(=O)(=O)c2ccc(C)cc2)cc1. The average Bonchev–Trinajstić information content (AvgIpc) is 2.96. The number of rotatable bonds is 5. The van der Waals surface area contributed by atoms with Gasteiger partial charge in [0.2, 0.25) is 10.0 Å². The summed E-state index contributed by atoms with van der Waals surface area (Å²) in [5.41, 5.74) is 1.89. The zero-order valence-electron chi connectivity index (χ0n) is 15.5. The molecule has 1 fully saturated rings. The molecule has 2 aromatic carbocycles. The second-order valence-electron chi connectivity index (χ2n) is 6.88. The summed E-state index contributed by atoms with van der Waals surface area (Å²) in [5, 5.41) is 0. The lowest BCUT2D eigenvalue weighted by molar-refractivity contribution is 0.0870. The molecule has 8 heteroatoms. The second-order valence-corrected chi connectivity index (χ2v) is 10.8. The highest BCUT2D eigenvalue weighted by Crippen LogP contribution is 2.28. The number of sulfonamides is 1. The Morgan fingerprint density at radius 3 is 1.89 bits per heavy atom. The van der Waals surface area contributed by atoms with Gasteiger partial charge >= 0.3 is 0 Å². The zero-order chi connectivity index (χ0) is 19.8. The lowest BCUT2D eigenvalue weighted by Gasteiger charge is -2.25. The van der Waals surface area contributed by atoms with E-state index in [4.69, 9.17) is 4.74 Å². The van der Waals surface area contributed by atoms with Crippen LogP contribution in [0.5, 0.6) is 0 Å². The standard InChI is InChI=1S/C19H23NO5S2/c1-14-4-8-17(9-5-14)26(21,22)13-19-20(16(3)12-25-19)27(23,24)18-10-6-15(2)7-11-18/h4-11,16,19H,12-13H2,1-3H3/t16-,19-/m0/s1. The van der Waals surface area contributed by atoms with Crippen LogP contribution in [-0.4, -0.2) is 45.8 Å². The highest BCUT2D eigenvalue weighted by molar-refractivity contribution is 7.91. The first-order chi connectivity index (χ1) is 12.6.